The summed E-state index contributed by atoms with van der Waals surface area (Å²) in [6.07, 6.45) is 1.96. The van der Waals surface area contributed by atoms with Crippen LogP contribution in [-0.4, -0.2) is 70.4 Å². The Labute approximate surface area is 282 Å². The molecule has 1 aromatic heterocycles. The number of benzene rings is 2. The van der Waals surface area contributed by atoms with Crippen LogP contribution >= 0.6 is 0 Å². The van der Waals surface area contributed by atoms with Gasteiger partial charge in [0.1, 0.15) is 6.04 Å². The van der Waals surface area contributed by atoms with E-state index in [0.717, 1.165) is 11.1 Å². The van der Waals surface area contributed by atoms with Crippen molar-refractivity contribution in [2.24, 2.45) is 11.8 Å². The Morgan fingerprint density at radius 1 is 0.708 bits per heavy atom. The number of hydrogen-bond acceptors (Lipinski definition) is 10. The largest absolute Gasteiger partial charge is 0.493 e. The molecular weight excluding hydrogens is 618 g/mol. The van der Waals surface area contributed by atoms with Crippen molar-refractivity contribution >= 4 is 17.8 Å². The summed E-state index contributed by atoms with van der Waals surface area (Å²) in [5.74, 6) is -0.534. The summed E-state index contributed by atoms with van der Waals surface area (Å²) in [4.78, 5) is 44.4. The molecule has 0 bridgehead atoms. The van der Waals surface area contributed by atoms with Gasteiger partial charge in [0.2, 0.25) is 11.7 Å². The molecule has 0 spiro atoms. The molecule has 260 valence electrons. The predicted molar refractivity (Wildman–Crippen MR) is 181 cm³/mol. The van der Waals surface area contributed by atoms with Crippen LogP contribution in [0.5, 0.6) is 34.5 Å². The number of pyridine rings is 1. The number of amides is 2. The first-order valence-corrected chi connectivity index (χ1v) is 15.7. The molecule has 2 N–H and O–H groups in total. The maximum absolute atomic E-state index is 14.1. The first-order chi connectivity index (χ1) is 22.9. The van der Waals surface area contributed by atoms with E-state index in [0.29, 0.717) is 29.4 Å². The van der Waals surface area contributed by atoms with E-state index in [1.165, 1.54) is 19.4 Å². The summed E-state index contributed by atoms with van der Waals surface area (Å²) in [5.41, 5.74) is 1.51. The molecule has 3 atom stereocenters. The van der Waals surface area contributed by atoms with Gasteiger partial charge >= 0.3 is 5.97 Å². The Morgan fingerprint density at radius 2 is 1.23 bits per heavy atom. The van der Waals surface area contributed by atoms with Crippen molar-refractivity contribution in [1.82, 2.24) is 15.6 Å². The number of hydrogen-bond donors (Lipinski definition) is 2. The molecular formula is C36H47N3O9. The zero-order chi connectivity index (χ0) is 35.5. The number of aromatic nitrogens is 1. The maximum atomic E-state index is 14.1. The lowest BCUT2D eigenvalue weighted by Gasteiger charge is -2.30. The lowest BCUT2D eigenvalue weighted by atomic mass is 9.85. The predicted octanol–water partition coefficient (Wildman–Crippen LogP) is 5.17. The highest BCUT2D eigenvalue weighted by molar-refractivity contribution is 5.99. The van der Waals surface area contributed by atoms with Crippen molar-refractivity contribution in [2.75, 3.05) is 35.5 Å². The van der Waals surface area contributed by atoms with E-state index in [9.17, 15) is 14.4 Å². The minimum Gasteiger partial charge on any atom is -0.493 e. The van der Waals surface area contributed by atoms with Gasteiger partial charge in [0.05, 0.1) is 41.5 Å². The second-order valence-corrected chi connectivity index (χ2v) is 11.6. The summed E-state index contributed by atoms with van der Waals surface area (Å²) in [5, 5.41) is 5.97. The zero-order valence-corrected chi connectivity index (χ0v) is 29.3. The van der Waals surface area contributed by atoms with Crippen LogP contribution in [0.1, 0.15) is 68.6 Å². The van der Waals surface area contributed by atoms with Crippen LogP contribution in [0, 0.1) is 11.8 Å². The minimum atomic E-state index is -0.956. The molecule has 0 aliphatic carbocycles. The second-order valence-electron chi connectivity index (χ2n) is 11.6. The first kappa shape index (κ1) is 37.5. The number of esters is 1. The fourth-order valence-electron chi connectivity index (χ4n) is 5.24. The number of rotatable bonds is 16. The van der Waals surface area contributed by atoms with Gasteiger partial charge < -0.3 is 39.1 Å². The number of carbonyl (C=O) groups excluding carboxylic acids is 3. The van der Waals surface area contributed by atoms with Crippen LogP contribution in [0.3, 0.4) is 0 Å². The van der Waals surface area contributed by atoms with E-state index in [-0.39, 0.29) is 29.0 Å². The van der Waals surface area contributed by atoms with Crippen LogP contribution in [0.25, 0.3) is 0 Å². The molecule has 0 saturated heterocycles. The molecule has 2 amide bonds. The maximum Gasteiger partial charge on any atom is 0.313 e. The summed E-state index contributed by atoms with van der Waals surface area (Å²) >= 11 is 0. The van der Waals surface area contributed by atoms with Gasteiger partial charge in [-0.05, 0) is 48.2 Å². The highest BCUT2D eigenvalue weighted by Crippen LogP contribution is 2.38. The standard InChI is InChI=1S/C36H47N3O9/c1-11-21(4)31(39-35(41)32-33(48-36(42)20(2)3)27(45-8)16-17-37-32)34(40)38-22(5)30(23-12-14-25(43-6)28(18-23)46-9)24-13-15-26(44-7)29(19-24)47-10/h12-22,30-31H,11H2,1-10H3,(H,38,40)(H,39,41)/t21-,22-,31-/m0/s1. The lowest BCUT2D eigenvalue weighted by Crippen LogP contribution is -2.53. The number of nitrogens with zero attached hydrogens (tertiary/aromatic N) is 1. The van der Waals surface area contributed by atoms with Crippen molar-refractivity contribution in [3.8, 4) is 34.5 Å². The SMILES string of the molecule is CC[C@H](C)[C@H](NC(=O)c1nccc(OC)c1OC(=O)C(C)C)C(=O)N[C@@H](C)C(c1ccc(OC)c(OC)c1)c1ccc(OC)c(OC)c1. The minimum absolute atomic E-state index is 0.116. The monoisotopic (exact) mass is 665 g/mol. The Morgan fingerprint density at radius 3 is 1.69 bits per heavy atom. The molecule has 48 heavy (non-hydrogen) atoms. The van der Waals surface area contributed by atoms with Gasteiger partial charge in [-0.1, -0.05) is 46.2 Å². The molecule has 0 aliphatic heterocycles. The second kappa shape index (κ2) is 17.2. The zero-order valence-electron chi connectivity index (χ0n) is 29.3. The average Bonchev–Trinajstić information content (AvgIpc) is 3.09. The van der Waals surface area contributed by atoms with Crippen LogP contribution in [0.15, 0.2) is 48.7 Å². The quantitative estimate of drug-likeness (QED) is 0.197. The smallest absolute Gasteiger partial charge is 0.313 e. The van der Waals surface area contributed by atoms with E-state index in [2.05, 4.69) is 15.6 Å². The van der Waals surface area contributed by atoms with Crippen molar-refractivity contribution in [3.63, 3.8) is 0 Å². The van der Waals surface area contributed by atoms with E-state index < -0.39 is 35.8 Å². The molecule has 0 fully saturated rings. The third-order valence-electron chi connectivity index (χ3n) is 8.16. The highest BCUT2D eigenvalue weighted by atomic mass is 16.6. The fourth-order valence-corrected chi connectivity index (χ4v) is 5.24. The van der Waals surface area contributed by atoms with Crippen molar-refractivity contribution in [1.29, 1.82) is 0 Å². The van der Waals surface area contributed by atoms with Gasteiger partial charge in [-0.15, -0.1) is 0 Å². The number of methoxy groups -OCH3 is 5. The normalized spacial score (nSPS) is 12.8. The number of nitrogens with one attached hydrogen (secondary N) is 2. The average molecular weight is 666 g/mol. The van der Waals surface area contributed by atoms with Crippen molar-refractivity contribution in [2.45, 2.75) is 59.0 Å². The van der Waals surface area contributed by atoms with E-state index in [4.69, 9.17) is 28.4 Å². The molecule has 12 nitrogen and oxygen atoms in total. The Balaban J connectivity index is 2.01. The third kappa shape index (κ3) is 8.67. The molecule has 1 heterocycles. The van der Waals surface area contributed by atoms with Gasteiger partial charge in [-0.25, -0.2) is 4.98 Å². The molecule has 0 unspecified atom stereocenters. The highest BCUT2D eigenvalue weighted by Gasteiger charge is 2.33. The topological polar surface area (TPSA) is 144 Å². The lowest BCUT2D eigenvalue weighted by molar-refractivity contribution is -0.138. The molecule has 0 radical (unpaired) electrons. The van der Waals surface area contributed by atoms with E-state index >= 15 is 0 Å². The molecule has 3 rings (SSSR count). The molecule has 3 aromatic rings. The molecule has 2 aromatic carbocycles. The Hall–Kier alpha value is -5.00. The molecule has 0 saturated carbocycles. The van der Waals surface area contributed by atoms with E-state index in [1.807, 2.05) is 57.2 Å². The number of carbonyl (C=O) groups is 3. The third-order valence-corrected chi connectivity index (χ3v) is 8.16. The van der Waals surface area contributed by atoms with Gasteiger partial charge in [0, 0.05) is 24.2 Å². The van der Waals surface area contributed by atoms with E-state index in [1.54, 1.807) is 42.3 Å². The fraction of sp³-hybridized carbons (Fsp3) is 0.444. The first-order valence-electron chi connectivity index (χ1n) is 15.7. The van der Waals surface area contributed by atoms with Gasteiger partial charge in [0.25, 0.3) is 5.91 Å². The summed E-state index contributed by atoms with van der Waals surface area (Å²) in [6.45, 7) is 9.03. The Kier molecular flexibility index (Phi) is 13.5. The Bertz CT molecular complexity index is 1520. The summed E-state index contributed by atoms with van der Waals surface area (Å²) in [7, 11) is 7.64. The van der Waals surface area contributed by atoms with Crippen LogP contribution in [0.4, 0.5) is 0 Å². The summed E-state index contributed by atoms with van der Waals surface area (Å²) in [6, 6.07) is 11.2. The van der Waals surface area contributed by atoms with Crippen LogP contribution < -0.4 is 39.1 Å². The summed E-state index contributed by atoms with van der Waals surface area (Å²) < 4.78 is 33.0. The van der Waals surface area contributed by atoms with Crippen molar-refractivity contribution in [3.05, 3.63) is 65.5 Å². The van der Waals surface area contributed by atoms with Crippen LogP contribution in [0.2, 0.25) is 0 Å². The van der Waals surface area contributed by atoms with Crippen LogP contribution in [-0.2, 0) is 9.59 Å². The van der Waals surface area contributed by atoms with Gasteiger partial charge in [-0.2, -0.15) is 0 Å². The van der Waals surface area contributed by atoms with Gasteiger partial charge in [0.15, 0.2) is 34.4 Å². The number of ether oxygens (including phenoxy) is 6. The van der Waals surface area contributed by atoms with Crippen molar-refractivity contribution < 1.29 is 42.8 Å². The molecule has 0 aliphatic rings. The van der Waals surface area contributed by atoms with Gasteiger partial charge in [-0.3, -0.25) is 14.4 Å². The molecule has 12 heteroatoms.